The van der Waals surface area contributed by atoms with E-state index in [0.717, 1.165) is 12.0 Å². The number of hydrogen-bond acceptors (Lipinski definition) is 2. The molecule has 0 spiro atoms. The van der Waals surface area contributed by atoms with Crippen molar-refractivity contribution in [1.29, 1.82) is 0 Å². The summed E-state index contributed by atoms with van der Waals surface area (Å²) in [7, 11) is 0. The Kier molecular flexibility index (Phi) is 4.68. The number of carbonyl (C=O) groups is 1. The van der Waals surface area contributed by atoms with Crippen LogP contribution < -0.4 is 5.32 Å². The number of nitrogens with zero attached hydrogens (tertiary/aromatic N) is 2. The van der Waals surface area contributed by atoms with Gasteiger partial charge in [-0.2, -0.15) is 5.10 Å². The Balaban J connectivity index is 2.08. The summed E-state index contributed by atoms with van der Waals surface area (Å²) in [4.78, 5) is 12.2. The quantitative estimate of drug-likeness (QED) is 0.919. The molecular formula is C16H20ClN3O. The van der Waals surface area contributed by atoms with E-state index in [1.54, 1.807) is 17.1 Å². The van der Waals surface area contributed by atoms with Gasteiger partial charge in [0.15, 0.2) is 0 Å². The summed E-state index contributed by atoms with van der Waals surface area (Å²) in [5, 5.41) is 7.92. The molecule has 0 atom stereocenters. The first-order chi connectivity index (χ1) is 9.91. The van der Waals surface area contributed by atoms with E-state index in [1.807, 2.05) is 45.0 Å². The SMILES string of the molecule is CCC(C)(C)NC(=O)c1cnn(Cc2ccccc2Cl)c1. The van der Waals surface area contributed by atoms with Crippen molar-refractivity contribution in [2.45, 2.75) is 39.3 Å². The van der Waals surface area contributed by atoms with Gasteiger partial charge in [-0.3, -0.25) is 9.48 Å². The lowest BCUT2D eigenvalue weighted by Crippen LogP contribution is -2.42. The van der Waals surface area contributed by atoms with Gasteiger partial charge in [-0.15, -0.1) is 0 Å². The second kappa shape index (κ2) is 6.31. The maximum Gasteiger partial charge on any atom is 0.254 e. The van der Waals surface area contributed by atoms with Crippen molar-refractivity contribution in [2.24, 2.45) is 0 Å². The minimum Gasteiger partial charge on any atom is -0.347 e. The first kappa shape index (κ1) is 15.6. The van der Waals surface area contributed by atoms with Crippen molar-refractivity contribution in [3.8, 4) is 0 Å². The van der Waals surface area contributed by atoms with Gasteiger partial charge in [0.25, 0.3) is 5.91 Å². The van der Waals surface area contributed by atoms with Crippen LogP contribution in [-0.2, 0) is 6.54 Å². The molecule has 1 amide bonds. The van der Waals surface area contributed by atoms with Gasteiger partial charge in [0, 0.05) is 16.8 Å². The zero-order valence-corrected chi connectivity index (χ0v) is 13.3. The van der Waals surface area contributed by atoms with Crippen LogP contribution in [0.3, 0.4) is 0 Å². The molecule has 2 rings (SSSR count). The van der Waals surface area contributed by atoms with E-state index in [2.05, 4.69) is 10.4 Å². The van der Waals surface area contributed by atoms with Crippen molar-refractivity contribution in [2.75, 3.05) is 0 Å². The van der Waals surface area contributed by atoms with Crippen molar-refractivity contribution in [1.82, 2.24) is 15.1 Å². The first-order valence-corrected chi connectivity index (χ1v) is 7.37. The summed E-state index contributed by atoms with van der Waals surface area (Å²) >= 11 is 6.13. The number of rotatable bonds is 5. The summed E-state index contributed by atoms with van der Waals surface area (Å²) in [6.07, 6.45) is 4.19. The van der Waals surface area contributed by atoms with E-state index < -0.39 is 0 Å². The van der Waals surface area contributed by atoms with Crippen molar-refractivity contribution < 1.29 is 4.79 Å². The molecule has 0 radical (unpaired) electrons. The average Bonchev–Trinajstić information content (AvgIpc) is 2.90. The zero-order valence-electron chi connectivity index (χ0n) is 12.6. The molecule has 0 aliphatic carbocycles. The maximum absolute atomic E-state index is 12.2. The molecule has 0 bridgehead atoms. The molecule has 0 saturated heterocycles. The molecule has 0 aliphatic rings. The molecule has 0 aliphatic heterocycles. The standard InChI is InChI=1S/C16H20ClN3O/c1-4-16(2,3)19-15(21)13-9-18-20(11-13)10-12-7-5-6-8-14(12)17/h5-9,11H,4,10H2,1-3H3,(H,19,21). The topological polar surface area (TPSA) is 46.9 Å². The van der Waals surface area contributed by atoms with E-state index >= 15 is 0 Å². The van der Waals surface area contributed by atoms with Crippen molar-refractivity contribution in [3.63, 3.8) is 0 Å². The van der Waals surface area contributed by atoms with Crippen molar-refractivity contribution >= 4 is 17.5 Å². The molecule has 112 valence electrons. The van der Waals surface area contributed by atoms with Crippen molar-refractivity contribution in [3.05, 3.63) is 52.8 Å². The molecule has 0 saturated carbocycles. The van der Waals surface area contributed by atoms with E-state index in [1.165, 1.54) is 0 Å². The largest absolute Gasteiger partial charge is 0.347 e. The lowest BCUT2D eigenvalue weighted by molar-refractivity contribution is 0.0911. The van der Waals surface area contributed by atoms with Crippen LogP contribution in [0.1, 0.15) is 43.1 Å². The molecule has 1 aromatic heterocycles. The lowest BCUT2D eigenvalue weighted by Gasteiger charge is -2.23. The zero-order chi connectivity index (χ0) is 15.5. The Labute approximate surface area is 130 Å². The third-order valence-electron chi connectivity index (χ3n) is 3.52. The molecule has 5 heteroatoms. The molecule has 1 aromatic carbocycles. The number of aromatic nitrogens is 2. The Hall–Kier alpha value is -1.81. The van der Waals surface area contributed by atoms with Gasteiger partial charge in [-0.25, -0.2) is 0 Å². The predicted molar refractivity (Wildman–Crippen MR) is 84.6 cm³/mol. The van der Waals surface area contributed by atoms with Crippen LogP contribution in [0.25, 0.3) is 0 Å². The number of carbonyl (C=O) groups excluding carboxylic acids is 1. The number of amides is 1. The van der Waals surface area contributed by atoms with Gasteiger partial charge < -0.3 is 5.32 Å². The Morgan fingerprint density at radius 1 is 1.38 bits per heavy atom. The summed E-state index contributed by atoms with van der Waals surface area (Å²) in [6, 6.07) is 7.62. The summed E-state index contributed by atoms with van der Waals surface area (Å²) in [5.41, 5.74) is 1.31. The second-order valence-corrected chi connectivity index (χ2v) is 6.12. The maximum atomic E-state index is 12.2. The van der Waals surface area contributed by atoms with Crippen LogP contribution in [-0.4, -0.2) is 21.2 Å². The third kappa shape index (κ3) is 4.08. The highest BCUT2D eigenvalue weighted by atomic mass is 35.5. The third-order valence-corrected chi connectivity index (χ3v) is 3.89. The van der Waals surface area contributed by atoms with E-state index in [4.69, 9.17) is 11.6 Å². The molecule has 0 unspecified atom stereocenters. The number of benzene rings is 1. The summed E-state index contributed by atoms with van der Waals surface area (Å²) in [6.45, 7) is 6.59. The molecule has 21 heavy (non-hydrogen) atoms. The highest BCUT2D eigenvalue weighted by Gasteiger charge is 2.19. The second-order valence-electron chi connectivity index (χ2n) is 5.71. The van der Waals surface area contributed by atoms with Gasteiger partial charge in [-0.1, -0.05) is 36.7 Å². The smallest absolute Gasteiger partial charge is 0.254 e. The van der Waals surface area contributed by atoms with Crippen LogP contribution in [0.5, 0.6) is 0 Å². The van der Waals surface area contributed by atoms with E-state index in [-0.39, 0.29) is 11.4 Å². The number of halogens is 1. The molecule has 0 fully saturated rings. The number of hydrogen-bond donors (Lipinski definition) is 1. The van der Waals surface area contributed by atoms with Gasteiger partial charge >= 0.3 is 0 Å². The minimum absolute atomic E-state index is 0.104. The fourth-order valence-electron chi connectivity index (χ4n) is 1.84. The molecule has 1 heterocycles. The normalized spacial score (nSPS) is 11.4. The van der Waals surface area contributed by atoms with Gasteiger partial charge in [0.05, 0.1) is 18.3 Å². The van der Waals surface area contributed by atoms with Crippen LogP contribution in [0.4, 0.5) is 0 Å². The first-order valence-electron chi connectivity index (χ1n) is 6.99. The average molecular weight is 306 g/mol. The number of nitrogens with one attached hydrogen (secondary N) is 1. The van der Waals surface area contributed by atoms with Gasteiger partial charge in [0.2, 0.25) is 0 Å². The molecule has 4 nitrogen and oxygen atoms in total. The Morgan fingerprint density at radius 3 is 2.76 bits per heavy atom. The Morgan fingerprint density at radius 2 is 2.10 bits per heavy atom. The molecule has 1 N–H and O–H groups in total. The monoisotopic (exact) mass is 305 g/mol. The summed E-state index contributed by atoms with van der Waals surface area (Å²) in [5.74, 6) is -0.104. The van der Waals surface area contributed by atoms with Crippen LogP contribution in [0, 0.1) is 0 Å². The highest BCUT2D eigenvalue weighted by Crippen LogP contribution is 2.16. The van der Waals surface area contributed by atoms with Crippen LogP contribution >= 0.6 is 11.6 Å². The predicted octanol–water partition coefficient (Wildman–Crippen LogP) is 3.50. The van der Waals surface area contributed by atoms with E-state index in [0.29, 0.717) is 17.1 Å². The summed E-state index contributed by atoms with van der Waals surface area (Å²) < 4.78 is 1.72. The fourth-order valence-corrected chi connectivity index (χ4v) is 2.03. The highest BCUT2D eigenvalue weighted by molar-refractivity contribution is 6.31. The lowest BCUT2D eigenvalue weighted by atomic mass is 10.0. The van der Waals surface area contributed by atoms with E-state index in [9.17, 15) is 4.79 Å². The van der Waals surface area contributed by atoms with Crippen LogP contribution in [0.2, 0.25) is 5.02 Å². The molecular weight excluding hydrogens is 286 g/mol. The van der Waals surface area contributed by atoms with Gasteiger partial charge in [0.1, 0.15) is 0 Å². The Bertz CT molecular complexity index is 634. The molecule has 2 aromatic rings. The fraction of sp³-hybridized carbons (Fsp3) is 0.375. The minimum atomic E-state index is -0.220. The van der Waals surface area contributed by atoms with Gasteiger partial charge in [-0.05, 0) is 31.9 Å². The van der Waals surface area contributed by atoms with Crippen LogP contribution in [0.15, 0.2) is 36.7 Å².